The Morgan fingerprint density at radius 3 is 2.25 bits per heavy atom. The summed E-state index contributed by atoms with van der Waals surface area (Å²) in [6.07, 6.45) is 2.12. The Labute approximate surface area is 189 Å². The number of carbonyl (C=O) groups excluding carboxylic acids is 2. The first kappa shape index (κ1) is 23.7. The minimum absolute atomic E-state index is 0.0577. The smallest absolute Gasteiger partial charge is 0.238 e. The Morgan fingerprint density at radius 2 is 1.62 bits per heavy atom. The van der Waals surface area contributed by atoms with Gasteiger partial charge in [0.1, 0.15) is 5.75 Å². The lowest BCUT2D eigenvalue weighted by molar-refractivity contribution is -0.133. The molecule has 172 valence electrons. The summed E-state index contributed by atoms with van der Waals surface area (Å²) in [4.78, 5) is 28.7. The predicted molar refractivity (Wildman–Crippen MR) is 122 cm³/mol. The molecule has 2 amide bonds. The average Bonchev–Trinajstić information content (AvgIpc) is 2.77. The van der Waals surface area contributed by atoms with Gasteiger partial charge in [0.2, 0.25) is 11.8 Å². The van der Waals surface area contributed by atoms with E-state index < -0.39 is 9.84 Å². The largest absolute Gasteiger partial charge is 0.494 e. The molecule has 1 aliphatic rings. The molecule has 9 heteroatoms. The second-order valence-electron chi connectivity index (χ2n) is 7.77. The van der Waals surface area contributed by atoms with Crippen LogP contribution in [0.1, 0.15) is 12.8 Å². The van der Waals surface area contributed by atoms with Crippen molar-refractivity contribution in [2.24, 2.45) is 0 Å². The van der Waals surface area contributed by atoms with E-state index >= 15 is 0 Å². The zero-order valence-electron chi connectivity index (χ0n) is 18.2. The number of rotatable bonds is 9. The van der Waals surface area contributed by atoms with Gasteiger partial charge in [-0.25, -0.2) is 8.42 Å². The van der Waals surface area contributed by atoms with Crippen molar-refractivity contribution in [1.82, 2.24) is 9.80 Å². The molecular weight excluding hydrogens is 430 g/mol. The molecule has 0 spiro atoms. The summed E-state index contributed by atoms with van der Waals surface area (Å²) in [6.45, 7) is 3.22. The summed E-state index contributed by atoms with van der Waals surface area (Å²) in [5.74, 6) is 0.597. The van der Waals surface area contributed by atoms with Crippen LogP contribution in [0.2, 0.25) is 0 Å². The summed E-state index contributed by atoms with van der Waals surface area (Å²) >= 11 is 0. The molecule has 1 saturated heterocycles. The molecule has 32 heavy (non-hydrogen) atoms. The van der Waals surface area contributed by atoms with Crippen LogP contribution in [0.5, 0.6) is 5.75 Å². The first-order valence-electron chi connectivity index (χ1n) is 10.6. The zero-order valence-corrected chi connectivity index (χ0v) is 19.0. The summed E-state index contributed by atoms with van der Waals surface area (Å²) in [5.41, 5.74) is 0.778. The van der Waals surface area contributed by atoms with E-state index in [1.54, 1.807) is 12.1 Å². The molecule has 1 aliphatic heterocycles. The van der Waals surface area contributed by atoms with E-state index in [4.69, 9.17) is 4.74 Å². The molecule has 0 unspecified atom stereocenters. The molecule has 0 atom stereocenters. The van der Waals surface area contributed by atoms with Gasteiger partial charge in [-0.2, -0.15) is 0 Å². The molecule has 1 N–H and O–H groups in total. The molecular formula is C23H29N3O5S. The lowest BCUT2D eigenvalue weighted by Crippen LogP contribution is -2.50. The van der Waals surface area contributed by atoms with Crippen LogP contribution in [0.25, 0.3) is 0 Å². The first-order valence-corrected chi connectivity index (χ1v) is 12.5. The number of nitrogens with one attached hydrogen (secondary N) is 1. The Morgan fingerprint density at radius 1 is 0.969 bits per heavy atom. The molecule has 1 heterocycles. The molecule has 0 radical (unpaired) electrons. The number of para-hydroxylation sites is 1. The maximum Gasteiger partial charge on any atom is 0.238 e. The van der Waals surface area contributed by atoms with Gasteiger partial charge in [0.05, 0.1) is 18.0 Å². The molecule has 0 aromatic heterocycles. The van der Waals surface area contributed by atoms with E-state index in [2.05, 4.69) is 5.32 Å². The Kier molecular flexibility index (Phi) is 8.24. The average molecular weight is 460 g/mol. The van der Waals surface area contributed by atoms with Gasteiger partial charge in [0, 0.05) is 44.5 Å². The van der Waals surface area contributed by atoms with Crippen LogP contribution < -0.4 is 10.1 Å². The lowest BCUT2D eigenvalue weighted by Gasteiger charge is -2.34. The number of anilines is 1. The van der Waals surface area contributed by atoms with Crippen molar-refractivity contribution < 1.29 is 22.7 Å². The predicted octanol–water partition coefficient (Wildman–Crippen LogP) is 2.03. The van der Waals surface area contributed by atoms with Crippen molar-refractivity contribution in [3.8, 4) is 5.75 Å². The zero-order chi connectivity index (χ0) is 23.0. The van der Waals surface area contributed by atoms with E-state index in [1.807, 2.05) is 40.1 Å². The fourth-order valence-corrected chi connectivity index (χ4v) is 4.07. The van der Waals surface area contributed by atoms with Gasteiger partial charge in [-0.15, -0.1) is 0 Å². The SMILES string of the molecule is CS(=O)(=O)c1ccc(OCCCC(=O)N2CCN(CC(=O)Nc3ccccc3)CC2)cc1. The molecule has 0 aliphatic carbocycles. The van der Waals surface area contributed by atoms with Crippen LogP contribution in [0.15, 0.2) is 59.5 Å². The highest BCUT2D eigenvalue weighted by atomic mass is 32.2. The maximum absolute atomic E-state index is 12.4. The number of ether oxygens (including phenoxy) is 1. The number of amides is 2. The monoisotopic (exact) mass is 459 g/mol. The Bertz CT molecular complexity index is 1000. The minimum atomic E-state index is -3.22. The topological polar surface area (TPSA) is 96.0 Å². The fraction of sp³-hybridized carbons (Fsp3) is 0.391. The highest BCUT2D eigenvalue weighted by Gasteiger charge is 2.22. The summed E-state index contributed by atoms with van der Waals surface area (Å²) < 4.78 is 28.5. The van der Waals surface area contributed by atoms with Crippen LogP contribution in [-0.2, 0) is 19.4 Å². The standard InChI is InChI=1S/C23H29N3O5S/c1-32(29,30)21-11-9-20(10-12-21)31-17-5-8-23(28)26-15-13-25(14-16-26)18-22(27)24-19-6-3-2-4-7-19/h2-4,6-7,9-12H,5,8,13-18H2,1H3,(H,24,27). The van der Waals surface area contributed by atoms with Crippen LogP contribution in [0.4, 0.5) is 5.69 Å². The second-order valence-corrected chi connectivity index (χ2v) is 9.78. The fourth-order valence-electron chi connectivity index (χ4n) is 3.44. The molecule has 2 aromatic rings. The van der Waals surface area contributed by atoms with Gasteiger partial charge < -0.3 is 15.0 Å². The van der Waals surface area contributed by atoms with E-state index in [9.17, 15) is 18.0 Å². The van der Waals surface area contributed by atoms with Crippen molar-refractivity contribution in [3.05, 3.63) is 54.6 Å². The second kappa shape index (κ2) is 11.1. The molecule has 1 fully saturated rings. The third-order valence-corrected chi connectivity index (χ3v) is 6.33. The lowest BCUT2D eigenvalue weighted by atomic mass is 10.2. The first-order chi connectivity index (χ1) is 15.3. The molecule has 3 rings (SSSR count). The van der Waals surface area contributed by atoms with Gasteiger partial charge in [-0.1, -0.05) is 18.2 Å². The molecule has 8 nitrogen and oxygen atoms in total. The van der Waals surface area contributed by atoms with E-state index in [-0.39, 0.29) is 16.7 Å². The number of carbonyl (C=O) groups is 2. The van der Waals surface area contributed by atoms with Crippen molar-refractivity contribution in [3.63, 3.8) is 0 Å². The third kappa shape index (κ3) is 7.35. The Balaban J connectivity index is 1.32. The van der Waals surface area contributed by atoms with Gasteiger partial charge in [-0.05, 0) is 42.8 Å². The van der Waals surface area contributed by atoms with E-state index in [1.165, 1.54) is 12.1 Å². The van der Waals surface area contributed by atoms with Crippen LogP contribution in [-0.4, -0.2) is 75.6 Å². The third-order valence-electron chi connectivity index (χ3n) is 5.21. The number of sulfone groups is 1. The van der Waals surface area contributed by atoms with Crippen molar-refractivity contribution in [2.75, 3.05) is 50.9 Å². The maximum atomic E-state index is 12.4. The van der Waals surface area contributed by atoms with Gasteiger partial charge in [-0.3, -0.25) is 14.5 Å². The normalized spacial score (nSPS) is 14.7. The quantitative estimate of drug-likeness (QED) is 0.577. The highest BCUT2D eigenvalue weighted by molar-refractivity contribution is 7.90. The van der Waals surface area contributed by atoms with Gasteiger partial charge in [0.25, 0.3) is 0 Å². The molecule has 0 bridgehead atoms. The van der Waals surface area contributed by atoms with Crippen molar-refractivity contribution in [1.29, 1.82) is 0 Å². The Hall–Kier alpha value is -2.91. The molecule has 2 aromatic carbocycles. The number of nitrogens with zero attached hydrogens (tertiary/aromatic N) is 2. The van der Waals surface area contributed by atoms with Gasteiger partial charge >= 0.3 is 0 Å². The molecule has 0 saturated carbocycles. The van der Waals surface area contributed by atoms with Crippen LogP contribution >= 0.6 is 0 Å². The summed E-state index contributed by atoms with van der Waals surface area (Å²) in [5, 5.41) is 2.88. The number of benzene rings is 2. The van der Waals surface area contributed by atoms with E-state index in [0.717, 1.165) is 11.9 Å². The highest BCUT2D eigenvalue weighted by Crippen LogP contribution is 2.16. The van der Waals surface area contributed by atoms with Crippen LogP contribution in [0.3, 0.4) is 0 Å². The van der Waals surface area contributed by atoms with Gasteiger partial charge in [0.15, 0.2) is 9.84 Å². The van der Waals surface area contributed by atoms with Crippen molar-refractivity contribution >= 4 is 27.3 Å². The summed E-state index contributed by atoms with van der Waals surface area (Å²) in [6, 6.07) is 15.6. The number of hydrogen-bond donors (Lipinski definition) is 1. The number of hydrogen-bond acceptors (Lipinski definition) is 6. The summed E-state index contributed by atoms with van der Waals surface area (Å²) in [7, 11) is -3.22. The van der Waals surface area contributed by atoms with E-state index in [0.29, 0.717) is 57.9 Å². The number of piperazine rings is 1. The van der Waals surface area contributed by atoms with Crippen LogP contribution in [0, 0.1) is 0 Å². The van der Waals surface area contributed by atoms with Crippen molar-refractivity contribution in [2.45, 2.75) is 17.7 Å². The minimum Gasteiger partial charge on any atom is -0.494 e.